The van der Waals surface area contributed by atoms with E-state index in [-0.39, 0.29) is 24.4 Å². The van der Waals surface area contributed by atoms with Gasteiger partial charge in [0.1, 0.15) is 5.54 Å². The molecule has 0 spiro atoms. The lowest BCUT2D eigenvalue weighted by atomic mass is 10.0. The summed E-state index contributed by atoms with van der Waals surface area (Å²) >= 11 is 0. The number of amides is 3. The van der Waals surface area contributed by atoms with Crippen molar-refractivity contribution in [3.05, 3.63) is 65.2 Å². The molecule has 2 rings (SSSR count). The van der Waals surface area contributed by atoms with E-state index in [1.54, 1.807) is 12.1 Å². The first-order chi connectivity index (χ1) is 12.7. The van der Waals surface area contributed by atoms with Crippen LogP contribution in [0.4, 0.5) is 5.69 Å². The van der Waals surface area contributed by atoms with E-state index in [2.05, 4.69) is 10.6 Å². The van der Waals surface area contributed by atoms with Crippen LogP contribution in [0.2, 0.25) is 0 Å². The van der Waals surface area contributed by atoms with Gasteiger partial charge in [-0.15, -0.1) is 0 Å². The third kappa shape index (κ3) is 5.39. The number of hydrogen-bond acceptors (Lipinski definition) is 4. The lowest BCUT2D eigenvalue weighted by molar-refractivity contribution is -0.122. The minimum atomic E-state index is -1.19. The van der Waals surface area contributed by atoms with Gasteiger partial charge in [0.2, 0.25) is 11.8 Å². The quantitative estimate of drug-likeness (QED) is 0.588. The predicted molar refractivity (Wildman–Crippen MR) is 104 cm³/mol. The van der Waals surface area contributed by atoms with Gasteiger partial charge >= 0.3 is 0 Å². The van der Waals surface area contributed by atoms with Gasteiger partial charge in [-0.2, -0.15) is 0 Å². The van der Waals surface area contributed by atoms with Gasteiger partial charge in [-0.25, -0.2) is 0 Å². The molecular weight excluding hydrogens is 344 g/mol. The Morgan fingerprint density at radius 3 is 2.30 bits per heavy atom. The molecule has 0 saturated carbocycles. The van der Waals surface area contributed by atoms with Crippen molar-refractivity contribution in [1.82, 2.24) is 5.32 Å². The Bertz CT molecular complexity index is 848. The van der Waals surface area contributed by atoms with Crippen molar-refractivity contribution in [1.29, 1.82) is 0 Å². The Morgan fingerprint density at radius 1 is 1.04 bits per heavy atom. The molecule has 0 radical (unpaired) electrons. The zero-order chi connectivity index (χ0) is 20.0. The van der Waals surface area contributed by atoms with Crippen LogP contribution >= 0.6 is 0 Å². The number of primary amides is 1. The smallest absolute Gasteiger partial charge is 0.252 e. The molecule has 3 amide bonds. The monoisotopic (exact) mass is 368 g/mol. The fourth-order valence-electron chi connectivity index (χ4n) is 2.41. The van der Waals surface area contributed by atoms with E-state index < -0.39 is 17.4 Å². The topological polar surface area (TPSA) is 127 Å². The van der Waals surface area contributed by atoms with Crippen molar-refractivity contribution in [3.8, 4) is 0 Å². The molecule has 27 heavy (non-hydrogen) atoms. The Hall–Kier alpha value is -3.19. The highest BCUT2D eigenvalue weighted by molar-refractivity contribution is 6.00. The van der Waals surface area contributed by atoms with Crippen LogP contribution in [0.3, 0.4) is 0 Å². The SMILES string of the molecule is CC(C)(NC(=O)c1ccc(CN)c(NC(=O)Cc2ccccc2)c1)C(N)=O. The van der Waals surface area contributed by atoms with Crippen LogP contribution in [-0.4, -0.2) is 23.3 Å². The number of rotatable bonds is 7. The number of anilines is 1. The molecule has 0 aliphatic rings. The highest BCUT2D eigenvalue weighted by Crippen LogP contribution is 2.19. The Labute approximate surface area is 158 Å². The largest absolute Gasteiger partial charge is 0.368 e. The normalized spacial score (nSPS) is 10.9. The van der Waals surface area contributed by atoms with E-state index in [1.807, 2.05) is 30.3 Å². The Kier molecular flexibility index (Phi) is 6.31. The van der Waals surface area contributed by atoms with Gasteiger partial charge in [0, 0.05) is 17.8 Å². The minimum absolute atomic E-state index is 0.204. The third-order valence-corrected chi connectivity index (χ3v) is 4.12. The van der Waals surface area contributed by atoms with Crippen molar-refractivity contribution >= 4 is 23.4 Å². The summed E-state index contributed by atoms with van der Waals surface area (Å²) in [5, 5.41) is 5.37. The van der Waals surface area contributed by atoms with Crippen LogP contribution in [0.1, 0.15) is 35.3 Å². The number of carbonyl (C=O) groups is 3. The highest BCUT2D eigenvalue weighted by atomic mass is 16.2. The fourth-order valence-corrected chi connectivity index (χ4v) is 2.41. The zero-order valence-electron chi connectivity index (χ0n) is 15.4. The highest BCUT2D eigenvalue weighted by Gasteiger charge is 2.27. The predicted octanol–water partition coefficient (Wildman–Crippen LogP) is 1.32. The van der Waals surface area contributed by atoms with E-state index in [1.165, 1.54) is 19.9 Å². The molecule has 7 heteroatoms. The second-order valence-electron chi connectivity index (χ2n) is 6.73. The van der Waals surface area contributed by atoms with Crippen molar-refractivity contribution in [2.75, 3.05) is 5.32 Å². The summed E-state index contributed by atoms with van der Waals surface area (Å²) in [6, 6.07) is 14.1. The maximum absolute atomic E-state index is 12.4. The summed E-state index contributed by atoms with van der Waals surface area (Å²) in [5.74, 6) is -1.34. The van der Waals surface area contributed by atoms with Gasteiger partial charge in [0.05, 0.1) is 6.42 Å². The molecule has 0 heterocycles. The lowest BCUT2D eigenvalue weighted by Crippen LogP contribution is -2.53. The van der Waals surface area contributed by atoms with E-state index >= 15 is 0 Å². The number of nitrogens with two attached hydrogens (primary N) is 2. The summed E-state index contributed by atoms with van der Waals surface area (Å²) < 4.78 is 0. The summed E-state index contributed by atoms with van der Waals surface area (Å²) in [6.45, 7) is 3.24. The molecular formula is C20H24N4O3. The van der Waals surface area contributed by atoms with Gasteiger partial charge in [0.15, 0.2) is 0 Å². The van der Waals surface area contributed by atoms with Crippen LogP contribution in [0.25, 0.3) is 0 Å². The summed E-state index contributed by atoms with van der Waals surface area (Å²) in [4.78, 5) is 36.2. The van der Waals surface area contributed by atoms with Gasteiger partial charge in [-0.3, -0.25) is 14.4 Å². The van der Waals surface area contributed by atoms with Gasteiger partial charge in [-0.05, 0) is 37.1 Å². The second-order valence-corrected chi connectivity index (χ2v) is 6.73. The Morgan fingerprint density at radius 2 is 1.70 bits per heavy atom. The maximum atomic E-state index is 12.4. The van der Waals surface area contributed by atoms with Crippen LogP contribution in [-0.2, 0) is 22.6 Å². The molecule has 142 valence electrons. The van der Waals surface area contributed by atoms with Crippen LogP contribution in [0.15, 0.2) is 48.5 Å². The van der Waals surface area contributed by atoms with Crippen LogP contribution in [0, 0.1) is 0 Å². The van der Waals surface area contributed by atoms with E-state index in [0.29, 0.717) is 11.3 Å². The molecule has 0 aliphatic carbocycles. The molecule has 7 nitrogen and oxygen atoms in total. The first-order valence-corrected chi connectivity index (χ1v) is 8.52. The van der Waals surface area contributed by atoms with E-state index in [9.17, 15) is 14.4 Å². The van der Waals surface area contributed by atoms with Crippen molar-refractivity contribution < 1.29 is 14.4 Å². The summed E-state index contributed by atoms with van der Waals surface area (Å²) in [5.41, 5.74) is 12.1. The first-order valence-electron chi connectivity index (χ1n) is 8.52. The number of benzene rings is 2. The average molecular weight is 368 g/mol. The molecule has 0 saturated heterocycles. The van der Waals surface area contributed by atoms with Gasteiger partial charge < -0.3 is 22.1 Å². The molecule has 0 unspecified atom stereocenters. The average Bonchev–Trinajstić information content (AvgIpc) is 2.61. The van der Waals surface area contributed by atoms with Crippen LogP contribution < -0.4 is 22.1 Å². The van der Waals surface area contributed by atoms with E-state index in [0.717, 1.165) is 5.56 Å². The standard InChI is InChI=1S/C20H24N4O3/c1-20(2,19(22)27)24-18(26)14-8-9-15(12-21)16(11-14)23-17(25)10-13-6-4-3-5-7-13/h3-9,11H,10,12,21H2,1-2H3,(H2,22,27)(H,23,25)(H,24,26). The third-order valence-electron chi connectivity index (χ3n) is 4.12. The maximum Gasteiger partial charge on any atom is 0.252 e. The van der Waals surface area contributed by atoms with Crippen molar-refractivity contribution in [2.24, 2.45) is 11.5 Å². The number of carbonyl (C=O) groups excluding carboxylic acids is 3. The molecule has 0 fully saturated rings. The molecule has 6 N–H and O–H groups in total. The second kappa shape index (κ2) is 8.46. The molecule has 2 aromatic rings. The summed E-state index contributed by atoms with van der Waals surface area (Å²) in [7, 11) is 0. The van der Waals surface area contributed by atoms with Gasteiger partial charge in [-0.1, -0.05) is 36.4 Å². The molecule has 2 aromatic carbocycles. The zero-order valence-corrected chi connectivity index (χ0v) is 15.4. The molecule has 0 aromatic heterocycles. The van der Waals surface area contributed by atoms with Crippen molar-refractivity contribution in [3.63, 3.8) is 0 Å². The number of hydrogen-bond donors (Lipinski definition) is 4. The van der Waals surface area contributed by atoms with E-state index in [4.69, 9.17) is 11.5 Å². The molecule has 0 atom stereocenters. The van der Waals surface area contributed by atoms with Crippen LogP contribution in [0.5, 0.6) is 0 Å². The summed E-state index contributed by atoms with van der Waals surface area (Å²) in [6.07, 6.45) is 0.204. The Balaban J connectivity index is 2.18. The molecule has 0 aliphatic heterocycles. The first kappa shape index (κ1) is 20.1. The van der Waals surface area contributed by atoms with Gasteiger partial charge in [0.25, 0.3) is 5.91 Å². The fraction of sp³-hybridized carbons (Fsp3) is 0.250. The number of nitrogens with one attached hydrogen (secondary N) is 2. The van der Waals surface area contributed by atoms with Crippen molar-refractivity contribution in [2.45, 2.75) is 32.4 Å². The lowest BCUT2D eigenvalue weighted by Gasteiger charge is -2.22. The molecule has 0 bridgehead atoms. The minimum Gasteiger partial charge on any atom is -0.368 e.